The van der Waals surface area contributed by atoms with Gasteiger partial charge in [-0.2, -0.15) is 0 Å². The molecular formula is H5B3NO4P. The van der Waals surface area contributed by atoms with E-state index >= 15 is 0 Å². The summed E-state index contributed by atoms with van der Waals surface area (Å²) in [6, 6.07) is 0. The van der Waals surface area contributed by atoms with Gasteiger partial charge in [-0.25, -0.2) is 0 Å². The molecule has 4 N–H and O–H groups in total. The summed E-state index contributed by atoms with van der Waals surface area (Å²) in [5, 5.41) is 28.3. The van der Waals surface area contributed by atoms with Crippen LogP contribution in [-0.4, -0.2) is 35.9 Å². The Kier molecular flexibility index (Phi) is 2.52. The van der Waals surface area contributed by atoms with Crippen LogP contribution in [0.1, 0.15) is 0 Å². The molecule has 1 saturated heterocycles. The van der Waals surface area contributed by atoms with Gasteiger partial charge in [-0.05, 0) is 0 Å². The van der Waals surface area contributed by atoms with Crippen LogP contribution in [0.3, 0.4) is 0 Å². The molecular weight excluding hydrogens is 141 g/mol. The van der Waals surface area contributed by atoms with Crippen LogP contribution >= 0.6 is 8.34 Å². The van der Waals surface area contributed by atoms with Crippen LogP contribution in [0.4, 0.5) is 0 Å². The Morgan fingerprint density at radius 1 is 1.33 bits per heavy atom. The standard InChI is InChI=1S/B3H5NO4P/c5-1-4-2(6)9-3(7)8-1/h4-7,9H. The Bertz CT molecular complexity index is 76.8. The van der Waals surface area contributed by atoms with Crippen molar-refractivity contribution in [2.45, 2.75) is 0 Å². The summed E-state index contributed by atoms with van der Waals surface area (Å²) in [7, 11) is -1.40. The summed E-state index contributed by atoms with van der Waals surface area (Å²) in [5.41, 5.74) is 0. The third kappa shape index (κ3) is 2.25. The summed E-state index contributed by atoms with van der Waals surface area (Å²) in [4.78, 5) is 0. The monoisotopic (exact) mass is 147 g/mol. The normalized spacial score (nSPS) is 23.7. The van der Waals surface area contributed by atoms with Crippen molar-refractivity contribution >= 4 is 29.2 Å². The minimum Gasteiger partial charge on any atom is -0.435 e. The van der Waals surface area contributed by atoms with Crippen molar-refractivity contribution in [3.8, 4) is 0 Å². The van der Waals surface area contributed by atoms with Crippen LogP contribution in [0.2, 0.25) is 0 Å². The second kappa shape index (κ2) is 3.01. The molecule has 1 aliphatic rings. The van der Waals surface area contributed by atoms with Crippen LogP contribution in [0.25, 0.3) is 0 Å². The van der Waals surface area contributed by atoms with Crippen LogP contribution < -0.4 is 5.14 Å². The summed E-state index contributed by atoms with van der Waals surface area (Å²) >= 11 is 0. The first kappa shape index (κ1) is 7.53. The lowest BCUT2D eigenvalue weighted by atomic mass is 9.98. The van der Waals surface area contributed by atoms with E-state index in [-0.39, 0.29) is 8.34 Å². The molecule has 0 radical (unpaired) electrons. The first-order valence-corrected chi connectivity index (χ1v) is 3.56. The molecule has 1 aliphatic heterocycles. The molecule has 0 aromatic heterocycles. The predicted molar refractivity (Wildman–Crippen MR) is 36.5 cm³/mol. The van der Waals surface area contributed by atoms with E-state index in [1.165, 1.54) is 0 Å². The minimum atomic E-state index is -1.25. The highest BCUT2D eigenvalue weighted by Gasteiger charge is 2.35. The van der Waals surface area contributed by atoms with Crippen LogP contribution in [0.15, 0.2) is 0 Å². The largest absolute Gasteiger partial charge is 0.529 e. The van der Waals surface area contributed by atoms with Gasteiger partial charge in [-0.15, -0.1) is 0 Å². The van der Waals surface area contributed by atoms with E-state index in [9.17, 15) is 0 Å². The number of hydrogen-bond acceptors (Lipinski definition) is 5. The zero-order valence-corrected chi connectivity index (χ0v) is 5.48. The molecule has 1 heterocycles. The Morgan fingerprint density at radius 3 is 2.44 bits per heavy atom. The average molecular weight is 146 g/mol. The van der Waals surface area contributed by atoms with Crippen LogP contribution in [-0.2, 0) is 4.57 Å². The van der Waals surface area contributed by atoms with Gasteiger partial charge in [0.05, 0.1) is 0 Å². The zero-order valence-electron chi connectivity index (χ0n) is 4.48. The molecule has 1 rings (SSSR count). The lowest BCUT2D eigenvalue weighted by molar-refractivity contribution is 0.363. The quantitative estimate of drug-likeness (QED) is 0.220. The SMILES string of the molecule is OB1NB(O)PB(O)O1. The highest BCUT2D eigenvalue weighted by atomic mass is 31.1. The number of hydrogen-bond donors (Lipinski definition) is 4. The smallest absolute Gasteiger partial charge is 0.435 e. The Hall–Kier alpha value is 0.425. The molecule has 0 spiro atoms. The Morgan fingerprint density at radius 2 is 2.00 bits per heavy atom. The third-order valence-corrected chi connectivity index (χ3v) is 1.76. The zero-order chi connectivity index (χ0) is 6.85. The van der Waals surface area contributed by atoms with E-state index in [0.717, 1.165) is 0 Å². The Balaban J connectivity index is 2.34. The molecule has 5 nitrogen and oxygen atoms in total. The molecule has 0 amide bonds. The molecule has 0 aromatic carbocycles. The summed E-state index contributed by atoms with van der Waals surface area (Å²) in [6.07, 6.45) is 0. The predicted octanol–water partition coefficient (Wildman–Crippen LogP) is -2.78. The van der Waals surface area contributed by atoms with Gasteiger partial charge in [0.15, 0.2) is 0 Å². The van der Waals surface area contributed by atoms with E-state index in [0.29, 0.717) is 0 Å². The van der Waals surface area contributed by atoms with Gasteiger partial charge in [0, 0.05) is 0 Å². The van der Waals surface area contributed by atoms with Crippen molar-refractivity contribution in [2.75, 3.05) is 0 Å². The highest BCUT2D eigenvalue weighted by Crippen LogP contribution is 2.18. The summed E-state index contributed by atoms with van der Waals surface area (Å²) < 4.78 is 4.41. The third-order valence-electron chi connectivity index (χ3n) is 0.859. The first-order valence-electron chi connectivity index (χ1n) is 2.40. The lowest BCUT2D eigenvalue weighted by Gasteiger charge is -2.20. The van der Waals surface area contributed by atoms with E-state index in [1.54, 1.807) is 0 Å². The van der Waals surface area contributed by atoms with E-state index in [1.807, 2.05) is 0 Å². The fraction of sp³-hybridized carbons (Fsp3) is 0. The molecule has 48 valence electrons. The molecule has 9 heteroatoms. The van der Waals surface area contributed by atoms with E-state index in [2.05, 4.69) is 9.71 Å². The van der Waals surface area contributed by atoms with Crippen molar-refractivity contribution in [1.82, 2.24) is 5.14 Å². The van der Waals surface area contributed by atoms with Gasteiger partial charge in [0.2, 0.25) is 0 Å². The minimum absolute atomic E-state index is 0.147. The number of nitrogens with one attached hydrogen (secondary N) is 1. The topological polar surface area (TPSA) is 82.0 Å². The van der Waals surface area contributed by atoms with Crippen LogP contribution in [0, 0.1) is 0 Å². The fourth-order valence-electron chi connectivity index (χ4n) is 0.519. The van der Waals surface area contributed by atoms with E-state index < -0.39 is 20.9 Å². The molecule has 9 heavy (non-hydrogen) atoms. The fourth-order valence-corrected chi connectivity index (χ4v) is 1.24. The lowest BCUT2D eigenvalue weighted by Crippen LogP contribution is -2.53. The molecule has 0 aromatic rings. The Labute approximate surface area is 54.9 Å². The summed E-state index contributed by atoms with van der Waals surface area (Å²) in [6.45, 7) is -1.90. The molecule has 1 atom stereocenters. The second-order valence-electron chi connectivity index (χ2n) is 1.58. The van der Waals surface area contributed by atoms with Crippen molar-refractivity contribution in [3.05, 3.63) is 0 Å². The molecule has 0 bridgehead atoms. The maximum absolute atomic E-state index is 8.75. The molecule has 1 unspecified atom stereocenters. The van der Waals surface area contributed by atoms with Crippen molar-refractivity contribution in [2.24, 2.45) is 0 Å². The van der Waals surface area contributed by atoms with Gasteiger partial charge in [-0.1, -0.05) is 8.34 Å². The van der Waals surface area contributed by atoms with Crippen LogP contribution in [0.5, 0.6) is 0 Å². The molecule has 0 saturated carbocycles. The average Bonchev–Trinajstić information content (AvgIpc) is 1.59. The van der Waals surface area contributed by atoms with Gasteiger partial charge in [-0.3, -0.25) is 0 Å². The highest BCUT2D eigenvalue weighted by molar-refractivity contribution is 7.98. The van der Waals surface area contributed by atoms with Gasteiger partial charge < -0.3 is 24.8 Å². The van der Waals surface area contributed by atoms with Gasteiger partial charge in [0.1, 0.15) is 0 Å². The van der Waals surface area contributed by atoms with Gasteiger partial charge >= 0.3 is 20.9 Å². The number of rotatable bonds is 0. The maximum Gasteiger partial charge on any atom is 0.529 e. The maximum atomic E-state index is 8.75. The summed E-state index contributed by atoms with van der Waals surface area (Å²) in [5.74, 6) is 0. The van der Waals surface area contributed by atoms with E-state index in [4.69, 9.17) is 15.1 Å². The molecule has 0 aliphatic carbocycles. The first-order chi connectivity index (χ1) is 4.18. The second-order valence-corrected chi connectivity index (χ2v) is 2.95. The van der Waals surface area contributed by atoms with Crippen molar-refractivity contribution < 1.29 is 19.6 Å². The van der Waals surface area contributed by atoms with Gasteiger partial charge in [0.25, 0.3) is 0 Å². The molecule has 1 fully saturated rings. The van der Waals surface area contributed by atoms with Crippen molar-refractivity contribution in [3.63, 3.8) is 0 Å². The van der Waals surface area contributed by atoms with Crippen molar-refractivity contribution in [1.29, 1.82) is 0 Å².